The Morgan fingerprint density at radius 3 is 2.77 bits per heavy atom. The molecule has 3 nitrogen and oxygen atoms in total. The topological polar surface area (TPSA) is 38.3 Å². The molecule has 74 valence electrons. The summed E-state index contributed by atoms with van der Waals surface area (Å²) in [5, 5.41) is 0. The summed E-state index contributed by atoms with van der Waals surface area (Å²) in [5.74, 6) is 0.548. The van der Waals surface area contributed by atoms with Crippen molar-refractivity contribution in [2.24, 2.45) is 11.7 Å². The molecule has 0 saturated carbocycles. The van der Waals surface area contributed by atoms with Gasteiger partial charge in [-0.25, -0.2) is 4.58 Å². The van der Waals surface area contributed by atoms with Crippen molar-refractivity contribution < 1.29 is 9.31 Å². The lowest BCUT2D eigenvalue weighted by Gasteiger charge is -2.24. The molecule has 2 rings (SSSR count). The number of nitrogens with zero attached hydrogens (tertiary/aromatic N) is 1. The van der Waals surface area contributed by atoms with E-state index in [9.17, 15) is 0 Å². The lowest BCUT2D eigenvalue weighted by Crippen LogP contribution is -2.41. The molecule has 2 atom stereocenters. The highest BCUT2D eigenvalue weighted by Gasteiger charge is 2.25. The van der Waals surface area contributed by atoms with Crippen LogP contribution in [-0.2, 0) is 4.74 Å². The van der Waals surface area contributed by atoms with E-state index in [1.54, 1.807) is 0 Å². The Morgan fingerprint density at radius 2 is 2.08 bits per heavy atom. The van der Waals surface area contributed by atoms with Crippen molar-refractivity contribution in [3.05, 3.63) is 0 Å². The number of ether oxygens (including phenoxy) is 1. The lowest BCUT2D eigenvalue weighted by atomic mass is 9.97. The van der Waals surface area contributed by atoms with Crippen LogP contribution in [-0.4, -0.2) is 43.1 Å². The Balaban J connectivity index is 1.94. The minimum absolute atomic E-state index is 0.217. The van der Waals surface area contributed by atoms with E-state index < -0.39 is 0 Å². The molecule has 0 aromatic heterocycles. The first-order chi connectivity index (χ1) is 6.36. The number of hydrogen-bond donors (Lipinski definition) is 1. The number of rotatable bonds is 1. The fraction of sp³-hybridized carbons (Fsp3) is 0.900. The molecular weight excluding hydrogens is 164 g/mol. The van der Waals surface area contributed by atoms with Crippen molar-refractivity contribution in [2.75, 3.05) is 26.3 Å². The van der Waals surface area contributed by atoms with Crippen LogP contribution in [0, 0.1) is 5.92 Å². The third-order valence-electron chi connectivity index (χ3n) is 3.00. The van der Waals surface area contributed by atoms with Gasteiger partial charge in [-0.05, 0) is 6.42 Å². The van der Waals surface area contributed by atoms with Gasteiger partial charge in [0.25, 0.3) is 0 Å². The van der Waals surface area contributed by atoms with Crippen LogP contribution < -0.4 is 5.73 Å². The van der Waals surface area contributed by atoms with Crippen molar-refractivity contribution in [2.45, 2.75) is 25.3 Å². The van der Waals surface area contributed by atoms with E-state index in [1.165, 1.54) is 25.9 Å². The van der Waals surface area contributed by atoms with Crippen molar-refractivity contribution >= 4 is 6.21 Å². The van der Waals surface area contributed by atoms with Gasteiger partial charge >= 0.3 is 0 Å². The van der Waals surface area contributed by atoms with Gasteiger partial charge in [0.2, 0.25) is 0 Å². The van der Waals surface area contributed by atoms with Crippen molar-refractivity contribution in [3.8, 4) is 0 Å². The van der Waals surface area contributed by atoms with Crippen molar-refractivity contribution in [1.29, 1.82) is 0 Å². The molecule has 0 aliphatic carbocycles. The first-order valence-corrected chi connectivity index (χ1v) is 5.28. The highest BCUT2D eigenvalue weighted by atomic mass is 16.5. The van der Waals surface area contributed by atoms with Crippen LogP contribution in [0.5, 0.6) is 0 Å². The molecule has 0 radical (unpaired) electrons. The molecule has 3 heteroatoms. The monoisotopic (exact) mass is 183 g/mol. The SMILES string of the molecule is NC1COCCC1C=[N+]1CCCC1. The molecule has 0 aromatic carbocycles. The zero-order valence-corrected chi connectivity index (χ0v) is 8.11. The maximum Gasteiger partial charge on any atom is 0.144 e. The summed E-state index contributed by atoms with van der Waals surface area (Å²) in [5.41, 5.74) is 5.97. The maximum absolute atomic E-state index is 5.97. The van der Waals surface area contributed by atoms with E-state index in [4.69, 9.17) is 10.5 Å². The molecule has 2 aliphatic heterocycles. The van der Waals surface area contributed by atoms with E-state index >= 15 is 0 Å². The van der Waals surface area contributed by atoms with Crippen molar-refractivity contribution in [1.82, 2.24) is 0 Å². The van der Waals surface area contributed by atoms with E-state index in [2.05, 4.69) is 10.8 Å². The van der Waals surface area contributed by atoms with E-state index in [0.717, 1.165) is 19.6 Å². The first kappa shape index (κ1) is 9.16. The summed E-state index contributed by atoms with van der Waals surface area (Å²) in [7, 11) is 0. The van der Waals surface area contributed by atoms with Gasteiger partial charge in [0.05, 0.1) is 12.5 Å². The Labute approximate surface area is 79.6 Å². The summed E-state index contributed by atoms with van der Waals surface area (Å²) in [6.07, 6.45) is 6.13. The molecule has 0 bridgehead atoms. The molecule has 2 saturated heterocycles. The predicted octanol–water partition coefficient (Wildman–Crippen LogP) is 0.227. The maximum atomic E-state index is 5.97. The van der Waals surface area contributed by atoms with Crippen molar-refractivity contribution in [3.63, 3.8) is 0 Å². The Morgan fingerprint density at radius 1 is 1.31 bits per heavy atom. The first-order valence-electron chi connectivity index (χ1n) is 5.28. The molecular formula is C10H19N2O+. The van der Waals surface area contributed by atoms with Crippen LogP contribution in [0.25, 0.3) is 0 Å². The van der Waals surface area contributed by atoms with Gasteiger partial charge in [-0.1, -0.05) is 0 Å². The van der Waals surface area contributed by atoms with E-state index in [1.807, 2.05) is 0 Å². The largest absolute Gasteiger partial charge is 0.380 e. The van der Waals surface area contributed by atoms with Crippen LogP contribution >= 0.6 is 0 Å². The average molecular weight is 183 g/mol. The van der Waals surface area contributed by atoms with Crippen LogP contribution in [0.1, 0.15) is 19.3 Å². The van der Waals surface area contributed by atoms with E-state index in [-0.39, 0.29) is 6.04 Å². The fourth-order valence-electron chi connectivity index (χ4n) is 2.12. The summed E-state index contributed by atoms with van der Waals surface area (Å²) in [4.78, 5) is 0. The Hall–Kier alpha value is -0.410. The third kappa shape index (κ3) is 2.29. The molecule has 2 unspecified atom stereocenters. The second kappa shape index (κ2) is 4.20. The third-order valence-corrected chi connectivity index (χ3v) is 3.00. The smallest absolute Gasteiger partial charge is 0.144 e. The second-order valence-electron chi connectivity index (χ2n) is 4.08. The molecule has 2 heterocycles. The molecule has 2 aliphatic rings. The molecule has 13 heavy (non-hydrogen) atoms. The zero-order valence-electron chi connectivity index (χ0n) is 8.11. The minimum atomic E-state index is 0.217. The summed E-state index contributed by atoms with van der Waals surface area (Å²) in [6.45, 7) is 4.06. The van der Waals surface area contributed by atoms with Gasteiger partial charge in [-0.3, -0.25) is 0 Å². The van der Waals surface area contributed by atoms with Crippen LogP contribution in [0.3, 0.4) is 0 Å². The van der Waals surface area contributed by atoms with Gasteiger partial charge in [-0.2, -0.15) is 0 Å². The van der Waals surface area contributed by atoms with Crippen LogP contribution in [0.4, 0.5) is 0 Å². The fourth-order valence-corrected chi connectivity index (χ4v) is 2.12. The predicted molar refractivity (Wildman–Crippen MR) is 52.2 cm³/mol. The summed E-state index contributed by atoms with van der Waals surface area (Å²) >= 11 is 0. The summed E-state index contributed by atoms with van der Waals surface area (Å²) in [6, 6.07) is 0.217. The normalized spacial score (nSPS) is 35.0. The van der Waals surface area contributed by atoms with Crippen LogP contribution in [0.15, 0.2) is 0 Å². The average Bonchev–Trinajstić information content (AvgIpc) is 2.61. The number of nitrogens with two attached hydrogens (primary N) is 1. The Bertz CT molecular complexity index is 195. The lowest BCUT2D eigenvalue weighted by molar-refractivity contribution is -0.503. The minimum Gasteiger partial charge on any atom is -0.380 e. The highest BCUT2D eigenvalue weighted by molar-refractivity contribution is 5.56. The van der Waals surface area contributed by atoms with Gasteiger partial charge in [0.1, 0.15) is 19.3 Å². The Kier molecular flexibility index (Phi) is 2.96. The highest BCUT2D eigenvalue weighted by Crippen LogP contribution is 2.12. The van der Waals surface area contributed by atoms with Gasteiger partial charge < -0.3 is 10.5 Å². The quantitative estimate of drug-likeness (QED) is 0.591. The second-order valence-corrected chi connectivity index (χ2v) is 4.08. The van der Waals surface area contributed by atoms with E-state index in [0.29, 0.717) is 5.92 Å². The standard InChI is InChI=1S/C10H19N2O/c11-10-8-13-6-3-9(10)7-12-4-1-2-5-12/h7,9-10H,1-6,8,11H2/q+1. The molecule has 0 aromatic rings. The molecule has 0 spiro atoms. The van der Waals surface area contributed by atoms with Crippen LogP contribution in [0.2, 0.25) is 0 Å². The van der Waals surface area contributed by atoms with Gasteiger partial charge in [0.15, 0.2) is 0 Å². The number of hydrogen-bond acceptors (Lipinski definition) is 2. The van der Waals surface area contributed by atoms with Gasteiger partial charge in [0, 0.05) is 25.5 Å². The van der Waals surface area contributed by atoms with Gasteiger partial charge in [-0.15, -0.1) is 0 Å². The molecule has 2 fully saturated rings. The molecule has 2 N–H and O–H groups in total. The zero-order chi connectivity index (χ0) is 9.10. The molecule has 0 amide bonds. The summed E-state index contributed by atoms with van der Waals surface area (Å²) < 4.78 is 7.74.